The van der Waals surface area contributed by atoms with Crippen LogP contribution in [0.1, 0.15) is 37.5 Å². The minimum absolute atomic E-state index is 0.0769. The first-order valence-electron chi connectivity index (χ1n) is 8.40. The average Bonchev–Trinajstić information content (AvgIpc) is 2.59. The Hall–Kier alpha value is -2.87. The van der Waals surface area contributed by atoms with Gasteiger partial charge in [0.1, 0.15) is 0 Å². The Morgan fingerprint density at radius 1 is 0.880 bits per heavy atom. The molecular formula is C23H22O2. The quantitative estimate of drug-likeness (QED) is 0.489. The number of fused-ring (bicyclic) bond motifs is 1. The second-order valence-corrected chi connectivity index (χ2v) is 7.26. The fourth-order valence-electron chi connectivity index (χ4n) is 2.96. The molecule has 1 N–H and O–H groups in total. The van der Waals surface area contributed by atoms with Crippen molar-refractivity contribution in [3.63, 3.8) is 0 Å². The van der Waals surface area contributed by atoms with Gasteiger partial charge in [-0.25, -0.2) is 4.79 Å². The molecule has 0 amide bonds. The monoisotopic (exact) mass is 330 g/mol. The van der Waals surface area contributed by atoms with Gasteiger partial charge in [0.25, 0.3) is 0 Å². The lowest BCUT2D eigenvalue weighted by atomic mass is 9.86. The summed E-state index contributed by atoms with van der Waals surface area (Å²) in [5, 5.41) is 11.7. The van der Waals surface area contributed by atoms with Gasteiger partial charge < -0.3 is 5.11 Å². The summed E-state index contributed by atoms with van der Waals surface area (Å²) in [6.45, 7) is 6.49. The zero-order valence-electron chi connectivity index (χ0n) is 14.8. The zero-order chi connectivity index (χ0) is 18.0. The standard InChI is InChI=1S/C23H22O2/c1-23(2,3)18-13-11-16(12-14-18)15-21(22(24)25)20-10-6-8-17-7-4-5-9-19(17)20/h4-15H,1-3H3,(H,24,25)/b21-15-. The molecule has 0 atom stereocenters. The molecule has 0 saturated heterocycles. The molecule has 3 rings (SSSR count). The van der Waals surface area contributed by atoms with Gasteiger partial charge in [-0.1, -0.05) is 87.5 Å². The fourth-order valence-corrected chi connectivity index (χ4v) is 2.96. The van der Waals surface area contributed by atoms with Gasteiger partial charge in [0.05, 0.1) is 5.57 Å². The maximum absolute atomic E-state index is 11.9. The minimum Gasteiger partial charge on any atom is -0.478 e. The molecule has 0 heterocycles. The van der Waals surface area contributed by atoms with E-state index in [0.29, 0.717) is 5.57 Å². The Morgan fingerprint density at radius 3 is 2.16 bits per heavy atom. The maximum atomic E-state index is 11.9. The lowest BCUT2D eigenvalue weighted by molar-refractivity contribution is -0.130. The SMILES string of the molecule is CC(C)(C)c1ccc(/C=C(\C(=O)O)c2cccc3ccccc23)cc1. The van der Waals surface area contributed by atoms with Crippen LogP contribution in [-0.4, -0.2) is 11.1 Å². The number of carbonyl (C=O) groups is 1. The van der Waals surface area contributed by atoms with E-state index < -0.39 is 5.97 Å². The molecule has 2 heteroatoms. The summed E-state index contributed by atoms with van der Waals surface area (Å²) in [5.41, 5.74) is 3.24. The topological polar surface area (TPSA) is 37.3 Å². The molecule has 0 saturated carbocycles. The molecule has 3 aromatic rings. The van der Waals surface area contributed by atoms with Crippen molar-refractivity contribution in [3.8, 4) is 0 Å². The van der Waals surface area contributed by atoms with Crippen LogP contribution in [-0.2, 0) is 10.2 Å². The number of benzene rings is 3. The van der Waals surface area contributed by atoms with Gasteiger partial charge in [0.2, 0.25) is 0 Å². The third kappa shape index (κ3) is 3.63. The lowest BCUT2D eigenvalue weighted by Gasteiger charge is -2.18. The van der Waals surface area contributed by atoms with E-state index in [-0.39, 0.29) is 5.41 Å². The van der Waals surface area contributed by atoms with Gasteiger partial charge in [0.15, 0.2) is 0 Å². The van der Waals surface area contributed by atoms with Crippen molar-refractivity contribution in [1.82, 2.24) is 0 Å². The second kappa shape index (κ2) is 6.56. The molecule has 0 radical (unpaired) electrons. The summed E-state index contributed by atoms with van der Waals surface area (Å²) >= 11 is 0. The normalized spacial score (nSPS) is 12.4. The third-order valence-electron chi connectivity index (χ3n) is 4.40. The predicted molar refractivity (Wildman–Crippen MR) is 105 cm³/mol. The summed E-state index contributed by atoms with van der Waals surface area (Å²) in [7, 11) is 0. The van der Waals surface area contributed by atoms with Gasteiger partial charge in [-0.3, -0.25) is 0 Å². The molecule has 0 spiro atoms. The molecule has 0 bridgehead atoms. The molecular weight excluding hydrogens is 308 g/mol. The smallest absolute Gasteiger partial charge is 0.336 e. The fraction of sp³-hybridized carbons (Fsp3) is 0.174. The summed E-state index contributed by atoms with van der Waals surface area (Å²) < 4.78 is 0. The van der Waals surface area contributed by atoms with E-state index in [1.54, 1.807) is 6.08 Å². The number of hydrogen-bond donors (Lipinski definition) is 1. The summed E-state index contributed by atoms with van der Waals surface area (Å²) in [6.07, 6.45) is 1.75. The molecule has 3 aromatic carbocycles. The van der Waals surface area contributed by atoms with Gasteiger partial charge in [-0.15, -0.1) is 0 Å². The highest BCUT2D eigenvalue weighted by molar-refractivity contribution is 6.23. The third-order valence-corrected chi connectivity index (χ3v) is 4.40. The first-order valence-corrected chi connectivity index (χ1v) is 8.40. The number of carboxylic acids is 1. The minimum atomic E-state index is -0.920. The molecule has 0 aliphatic heterocycles. The Morgan fingerprint density at radius 2 is 1.52 bits per heavy atom. The van der Waals surface area contributed by atoms with Crippen LogP contribution < -0.4 is 0 Å². The first-order chi connectivity index (χ1) is 11.9. The van der Waals surface area contributed by atoms with Crippen LogP contribution in [0.15, 0.2) is 66.7 Å². The van der Waals surface area contributed by atoms with Crippen molar-refractivity contribution in [1.29, 1.82) is 0 Å². The largest absolute Gasteiger partial charge is 0.478 e. The van der Waals surface area contributed by atoms with Gasteiger partial charge >= 0.3 is 5.97 Å². The van der Waals surface area contributed by atoms with Crippen molar-refractivity contribution in [2.75, 3.05) is 0 Å². The highest BCUT2D eigenvalue weighted by Gasteiger charge is 2.15. The summed E-state index contributed by atoms with van der Waals surface area (Å²) in [6, 6.07) is 21.7. The van der Waals surface area contributed by atoms with E-state index >= 15 is 0 Å². The molecule has 0 unspecified atom stereocenters. The van der Waals surface area contributed by atoms with Crippen LogP contribution in [0, 0.1) is 0 Å². The van der Waals surface area contributed by atoms with Crippen molar-refractivity contribution < 1.29 is 9.90 Å². The van der Waals surface area contributed by atoms with Crippen LogP contribution in [0.5, 0.6) is 0 Å². The highest BCUT2D eigenvalue weighted by Crippen LogP contribution is 2.28. The van der Waals surface area contributed by atoms with Gasteiger partial charge in [-0.05, 0) is 39.0 Å². The predicted octanol–water partition coefficient (Wildman–Crippen LogP) is 5.76. The maximum Gasteiger partial charge on any atom is 0.336 e. The first kappa shape index (κ1) is 17.0. The molecule has 0 aromatic heterocycles. The van der Waals surface area contributed by atoms with Crippen LogP contribution in [0.25, 0.3) is 22.4 Å². The van der Waals surface area contributed by atoms with Crippen molar-refractivity contribution in [2.45, 2.75) is 26.2 Å². The Balaban J connectivity index is 2.10. The van der Waals surface area contributed by atoms with E-state index in [1.165, 1.54) is 5.56 Å². The second-order valence-electron chi connectivity index (χ2n) is 7.26. The number of aliphatic carboxylic acids is 1. The summed E-state index contributed by atoms with van der Waals surface area (Å²) in [4.78, 5) is 11.9. The van der Waals surface area contributed by atoms with Crippen LogP contribution in [0.3, 0.4) is 0 Å². The van der Waals surface area contributed by atoms with Crippen molar-refractivity contribution in [3.05, 3.63) is 83.4 Å². The number of carboxylic acid groups (broad SMARTS) is 1. The molecule has 126 valence electrons. The molecule has 0 fully saturated rings. The molecule has 0 aliphatic rings. The lowest BCUT2D eigenvalue weighted by Crippen LogP contribution is -2.10. The van der Waals surface area contributed by atoms with E-state index in [9.17, 15) is 9.90 Å². The van der Waals surface area contributed by atoms with Gasteiger partial charge in [-0.2, -0.15) is 0 Å². The summed E-state index contributed by atoms with van der Waals surface area (Å²) in [5.74, 6) is -0.920. The zero-order valence-corrected chi connectivity index (χ0v) is 14.8. The average molecular weight is 330 g/mol. The van der Waals surface area contributed by atoms with Crippen molar-refractivity contribution >= 4 is 28.4 Å². The molecule has 2 nitrogen and oxygen atoms in total. The van der Waals surface area contributed by atoms with Crippen LogP contribution in [0.2, 0.25) is 0 Å². The van der Waals surface area contributed by atoms with Crippen molar-refractivity contribution in [2.24, 2.45) is 0 Å². The van der Waals surface area contributed by atoms with E-state index in [1.807, 2.05) is 54.6 Å². The Bertz CT molecular complexity index is 936. The number of hydrogen-bond acceptors (Lipinski definition) is 1. The Labute approximate surface area is 148 Å². The van der Waals surface area contributed by atoms with E-state index in [4.69, 9.17) is 0 Å². The molecule has 0 aliphatic carbocycles. The van der Waals surface area contributed by atoms with E-state index in [0.717, 1.165) is 21.9 Å². The van der Waals surface area contributed by atoms with Gasteiger partial charge in [0, 0.05) is 0 Å². The van der Waals surface area contributed by atoms with E-state index in [2.05, 4.69) is 32.9 Å². The number of rotatable bonds is 3. The van der Waals surface area contributed by atoms with Crippen LogP contribution in [0.4, 0.5) is 0 Å². The highest BCUT2D eigenvalue weighted by atomic mass is 16.4. The Kier molecular flexibility index (Phi) is 4.45. The van der Waals surface area contributed by atoms with Crippen LogP contribution >= 0.6 is 0 Å². The molecule has 25 heavy (non-hydrogen) atoms.